The van der Waals surface area contributed by atoms with Gasteiger partial charge >= 0.3 is 0 Å². The molecule has 0 aliphatic carbocycles. The van der Waals surface area contributed by atoms with Crippen molar-refractivity contribution < 1.29 is 8.42 Å². The van der Waals surface area contributed by atoms with Gasteiger partial charge in [-0.15, -0.1) is 0 Å². The monoisotopic (exact) mass is 336 g/mol. The highest BCUT2D eigenvalue weighted by molar-refractivity contribution is 7.91. The van der Waals surface area contributed by atoms with Gasteiger partial charge in [0.05, 0.1) is 23.6 Å². The van der Waals surface area contributed by atoms with E-state index in [4.69, 9.17) is 35.4 Å². The average molecular weight is 337 g/mol. The van der Waals surface area contributed by atoms with E-state index >= 15 is 0 Å². The summed E-state index contributed by atoms with van der Waals surface area (Å²) in [6.45, 7) is 0. The number of thiocarbonyl (C=S) groups is 1. The molecule has 0 radical (unpaired) electrons. The zero-order chi connectivity index (χ0) is 13.8. The van der Waals surface area contributed by atoms with Crippen molar-refractivity contribution in [3.8, 4) is 0 Å². The molecule has 1 aromatic rings. The van der Waals surface area contributed by atoms with E-state index in [0.29, 0.717) is 15.2 Å². The first-order chi connectivity index (χ1) is 8.85. The fourth-order valence-electron chi connectivity index (χ4n) is 2.59. The zero-order valence-electron chi connectivity index (χ0n) is 9.64. The summed E-state index contributed by atoms with van der Waals surface area (Å²) in [6.07, 6.45) is 0. The topological polar surface area (TPSA) is 49.4 Å². The maximum Gasteiger partial charge on any atom is 0.174 e. The van der Waals surface area contributed by atoms with Crippen molar-refractivity contribution in [2.75, 3.05) is 16.4 Å². The molecular weight excluding hydrogens is 327 g/mol. The highest BCUT2D eigenvalue weighted by atomic mass is 35.5. The van der Waals surface area contributed by atoms with E-state index in [2.05, 4.69) is 5.32 Å². The van der Waals surface area contributed by atoms with Crippen molar-refractivity contribution >= 4 is 56.1 Å². The molecule has 19 heavy (non-hydrogen) atoms. The van der Waals surface area contributed by atoms with Crippen molar-refractivity contribution in [3.05, 3.63) is 28.2 Å². The first kappa shape index (κ1) is 13.4. The van der Waals surface area contributed by atoms with Gasteiger partial charge in [-0.2, -0.15) is 0 Å². The van der Waals surface area contributed by atoms with Crippen molar-refractivity contribution in [1.29, 1.82) is 0 Å². The molecule has 2 fully saturated rings. The van der Waals surface area contributed by atoms with Gasteiger partial charge in [0.2, 0.25) is 0 Å². The molecule has 0 unspecified atom stereocenters. The van der Waals surface area contributed by atoms with Crippen LogP contribution in [-0.4, -0.2) is 37.1 Å². The van der Waals surface area contributed by atoms with Gasteiger partial charge in [-0.05, 0) is 30.4 Å². The Labute approximate surface area is 126 Å². The SMILES string of the molecule is O=S1(=O)C[C@@H]2NC(=S)N(c3cc(Cl)cc(Cl)c3)[C@@H]2C1. The van der Waals surface area contributed by atoms with Gasteiger partial charge in [-0.3, -0.25) is 0 Å². The maximum atomic E-state index is 11.7. The van der Waals surface area contributed by atoms with E-state index in [0.717, 1.165) is 5.69 Å². The van der Waals surface area contributed by atoms with Crippen molar-refractivity contribution in [2.45, 2.75) is 12.1 Å². The van der Waals surface area contributed by atoms with Crippen LogP contribution in [-0.2, 0) is 9.84 Å². The Balaban J connectivity index is 2.02. The predicted molar refractivity (Wildman–Crippen MR) is 80.9 cm³/mol. The van der Waals surface area contributed by atoms with Gasteiger partial charge < -0.3 is 10.2 Å². The number of fused-ring (bicyclic) bond motifs is 1. The molecule has 8 heteroatoms. The van der Waals surface area contributed by atoms with Crippen LogP contribution in [0.2, 0.25) is 10.0 Å². The van der Waals surface area contributed by atoms with Crippen LogP contribution < -0.4 is 10.2 Å². The highest BCUT2D eigenvalue weighted by Crippen LogP contribution is 2.33. The number of hydrogen-bond donors (Lipinski definition) is 1. The molecule has 4 nitrogen and oxygen atoms in total. The van der Waals surface area contributed by atoms with E-state index in [1.54, 1.807) is 23.1 Å². The van der Waals surface area contributed by atoms with Gasteiger partial charge in [-0.1, -0.05) is 23.2 Å². The third-order valence-corrected chi connectivity index (χ3v) is 5.77. The van der Waals surface area contributed by atoms with E-state index in [9.17, 15) is 8.42 Å². The zero-order valence-corrected chi connectivity index (χ0v) is 12.8. The average Bonchev–Trinajstić information content (AvgIpc) is 2.66. The minimum absolute atomic E-state index is 0.0922. The Kier molecular flexibility index (Phi) is 3.16. The molecule has 102 valence electrons. The molecule has 0 saturated carbocycles. The summed E-state index contributed by atoms with van der Waals surface area (Å²) in [5, 5.41) is 4.56. The van der Waals surface area contributed by atoms with E-state index in [1.807, 2.05) is 0 Å². The van der Waals surface area contributed by atoms with Crippen LogP contribution in [0.3, 0.4) is 0 Å². The second-order valence-electron chi connectivity index (χ2n) is 4.70. The van der Waals surface area contributed by atoms with Gasteiger partial charge in [0.15, 0.2) is 14.9 Å². The summed E-state index contributed by atoms with van der Waals surface area (Å²) >= 11 is 17.2. The van der Waals surface area contributed by atoms with E-state index < -0.39 is 9.84 Å². The third-order valence-electron chi connectivity index (χ3n) is 3.31. The Bertz CT molecular complexity index is 642. The number of nitrogens with zero attached hydrogens (tertiary/aromatic N) is 1. The molecule has 1 aromatic carbocycles. The molecule has 2 aliphatic heterocycles. The number of hydrogen-bond acceptors (Lipinski definition) is 3. The maximum absolute atomic E-state index is 11.7. The summed E-state index contributed by atoms with van der Waals surface area (Å²) in [5.74, 6) is 0.206. The fourth-order valence-corrected chi connectivity index (χ4v) is 5.38. The number of halogens is 2. The van der Waals surface area contributed by atoms with Crippen molar-refractivity contribution in [3.63, 3.8) is 0 Å². The molecule has 2 aliphatic rings. The second kappa shape index (κ2) is 4.48. The standard InChI is InChI=1S/C11H10Cl2N2O2S2/c12-6-1-7(13)3-8(2-6)15-10-5-19(16,17)4-9(10)14-11(15)18/h1-3,9-10H,4-5H2,(H,14,18)/t9-,10+/m0/s1. The minimum atomic E-state index is -3.02. The molecule has 0 spiro atoms. The van der Waals surface area contributed by atoms with Crippen LogP contribution in [0.25, 0.3) is 0 Å². The lowest BCUT2D eigenvalue weighted by molar-refractivity contribution is 0.600. The van der Waals surface area contributed by atoms with Gasteiger partial charge in [-0.25, -0.2) is 8.42 Å². The molecule has 2 saturated heterocycles. The van der Waals surface area contributed by atoms with Crippen LogP contribution in [0, 0.1) is 0 Å². The highest BCUT2D eigenvalue weighted by Gasteiger charge is 2.47. The fraction of sp³-hybridized carbons (Fsp3) is 0.364. The molecule has 0 amide bonds. The lowest BCUT2D eigenvalue weighted by Gasteiger charge is -2.23. The molecule has 2 heterocycles. The van der Waals surface area contributed by atoms with Gasteiger partial charge in [0.25, 0.3) is 0 Å². The normalized spacial score (nSPS) is 28.3. The number of rotatable bonds is 1. The number of sulfone groups is 1. The Morgan fingerprint density at radius 3 is 2.47 bits per heavy atom. The van der Waals surface area contributed by atoms with Crippen LogP contribution >= 0.6 is 35.4 Å². The quantitative estimate of drug-likeness (QED) is 0.793. The van der Waals surface area contributed by atoms with Crippen LogP contribution in [0.4, 0.5) is 5.69 Å². The van der Waals surface area contributed by atoms with Crippen LogP contribution in [0.5, 0.6) is 0 Å². The van der Waals surface area contributed by atoms with E-state index in [-0.39, 0.29) is 23.6 Å². The van der Waals surface area contributed by atoms with Crippen molar-refractivity contribution in [2.24, 2.45) is 0 Å². The first-order valence-electron chi connectivity index (χ1n) is 5.62. The van der Waals surface area contributed by atoms with Gasteiger partial charge in [0.1, 0.15) is 0 Å². The smallest absolute Gasteiger partial charge is 0.174 e. The van der Waals surface area contributed by atoms with Crippen LogP contribution in [0.1, 0.15) is 0 Å². The predicted octanol–water partition coefficient (Wildman–Crippen LogP) is 1.85. The molecule has 3 rings (SSSR count). The molecule has 1 N–H and O–H groups in total. The first-order valence-corrected chi connectivity index (χ1v) is 8.60. The number of anilines is 1. The lowest BCUT2D eigenvalue weighted by atomic mass is 10.1. The summed E-state index contributed by atoms with van der Waals surface area (Å²) in [4.78, 5) is 1.79. The number of nitrogens with one attached hydrogen (secondary N) is 1. The van der Waals surface area contributed by atoms with Gasteiger partial charge in [0, 0.05) is 15.7 Å². The molecule has 0 aromatic heterocycles. The second-order valence-corrected chi connectivity index (χ2v) is 8.11. The van der Waals surface area contributed by atoms with Crippen molar-refractivity contribution in [1.82, 2.24) is 5.32 Å². The van der Waals surface area contributed by atoms with Crippen LogP contribution in [0.15, 0.2) is 18.2 Å². The summed E-state index contributed by atoms with van der Waals surface area (Å²) in [7, 11) is -3.02. The summed E-state index contributed by atoms with van der Waals surface area (Å²) in [5.41, 5.74) is 0.722. The minimum Gasteiger partial charge on any atom is -0.356 e. The Morgan fingerprint density at radius 2 is 1.84 bits per heavy atom. The largest absolute Gasteiger partial charge is 0.356 e. The van der Waals surface area contributed by atoms with E-state index in [1.165, 1.54) is 0 Å². The molecule has 0 bridgehead atoms. The molecule has 2 atom stereocenters. The summed E-state index contributed by atoms with van der Waals surface area (Å²) in [6, 6.07) is 4.74. The number of benzene rings is 1. The lowest BCUT2D eigenvalue weighted by Crippen LogP contribution is -2.36. The Hall–Kier alpha value is -0.560. The summed E-state index contributed by atoms with van der Waals surface area (Å²) < 4.78 is 23.4. The third kappa shape index (κ3) is 2.42. The Morgan fingerprint density at radius 1 is 1.21 bits per heavy atom. The molecular formula is C11H10Cl2N2O2S2.